The number of rotatable bonds is 1. The highest BCUT2D eigenvalue weighted by Crippen LogP contribution is 2.24. The number of Topliss-reactive ketones (excluding diaryl/α,β-unsaturated/α-hetero) is 1. The van der Waals surface area contributed by atoms with Gasteiger partial charge in [0.05, 0.1) is 0 Å². The monoisotopic (exact) mass is 155 g/mol. The lowest BCUT2D eigenvalue weighted by molar-refractivity contribution is -0.123. The zero-order valence-corrected chi connectivity index (χ0v) is 7.18. The quantitative estimate of drug-likeness (QED) is 0.581. The molecule has 0 radical (unpaired) electrons. The van der Waals surface area contributed by atoms with E-state index in [1.54, 1.807) is 0 Å². The highest BCUT2D eigenvalue weighted by Gasteiger charge is 2.24. The van der Waals surface area contributed by atoms with Crippen molar-refractivity contribution in [3.05, 3.63) is 0 Å². The second-order valence-electron chi connectivity index (χ2n) is 3.50. The van der Waals surface area contributed by atoms with Crippen LogP contribution in [0.15, 0.2) is 0 Å². The van der Waals surface area contributed by atoms with Crippen LogP contribution < -0.4 is 5.73 Å². The maximum Gasteiger partial charge on any atom is 0.136 e. The predicted octanol–water partition coefficient (Wildman–Crippen LogP) is 1.34. The van der Waals surface area contributed by atoms with Gasteiger partial charge in [-0.15, -0.1) is 0 Å². The van der Waals surface area contributed by atoms with Gasteiger partial charge in [-0.05, 0) is 25.3 Å². The average molecular weight is 155 g/mol. The second kappa shape index (κ2) is 3.86. The van der Waals surface area contributed by atoms with Crippen LogP contribution in [0.5, 0.6) is 0 Å². The third kappa shape index (κ3) is 2.03. The summed E-state index contributed by atoms with van der Waals surface area (Å²) in [4.78, 5) is 11.3. The van der Waals surface area contributed by atoms with Gasteiger partial charge in [0.2, 0.25) is 0 Å². The Morgan fingerprint density at radius 1 is 1.55 bits per heavy atom. The summed E-state index contributed by atoms with van der Waals surface area (Å²) < 4.78 is 0. The molecule has 0 amide bonds. The summed E-state index contributed by atoms with van der Waals surface area (Å²) in [7, 11) is 0. The van der Waals surface area contributed by atoms with Gasteiger partial charge in [0.15, 0.2) is 0 Å². The van der Waals surface area contributed by atoms with Crippen LogP contribution >= 0.6 is 0 Å². The normalized spacial score (nSPS) is 33.5. The minimum atomic E-state index is 0.211. The molecule has 0 aliphatic heterocycles. The molecule has 2 unspecified atom stereocenters. The van der Waals surface area contributed by atoms with E-state index < -0.39 is 0 Å². The minimum Gasteiger partial charge on any atom is -0.330 e. The third-order valence-electron chi connectivity index (χ3n) is 2.77. The van der Waals surface area contributed by atoms with E-state index in [1.165, 1.54) is 6.42 Å². The first-order chi connectivity index (χ1) is 5.25. The van der Waals surface area contributed by atoms with Crippen LogP contribution in [0.2, 0.25) is 0 Å². The van der Waals surface area contributed by atoms with Crippen LogP contribution in [0.1, 0.15) is 32.6 Å². The van der Waals surface area contributed by atoms with Crippen LogP contribution in [-0.2, 0) is 4.79 Å². The van der Waals surface area contributed by atoms with Crippen LogP contribution in [0.4, 0.5) is 0 Å². The molecule has 0 aromatic rings. The number of hydrogen-bond acceptors (Lipinski definition) is 2. The standard InChI is InChI=1S/C9H17NO/c1-7-8(6-10)4-2-3-5-9(7)11/h7-8H,2-6,10H2,1H3. The zero-order valence-electron chi connectivity index (χ0n) is 7.18. The fraction of sp³-hybridized carbons (Fsp3) is 0.889. The largest absolute Gasteiger partial charge is 0.330 e. The van der Waals surface area contributed by atoms with Crippen molar-refractivity contribution in [1.29, 1.82) is 0 Å². The maximum absolute atomic E-state index is 11.3. The first-order valence-electron chi connectivity index (χ1n) is 4.48. The Balaban J connectivity index is 2.56. The molecule has 0 saturated heterocycles. The van der Waals surface area contributed by atoms with Crippen LogP contribution in [0.25, 0.3) is 0 Å². The van der Waals surface area contributed by atoms with Crippen molar-refractivity contribution in [2.75, 3.05) is 6.54 Å². The molecule has 2 heteroatoms. The third-order valence-corrected chi connectivity index (χ3v) is 2.77. The van der Waals surface area contributed by atoms with Crippen molar-refractivity contribution >= 4 is 5.78 Å². The van der Waals surface area contributed by atoms with Gasteiger partial charge in [-0.3, -0.25) is 4.79 Å². The lowest BCUT2D eigenvalue weighted by atomic mass is 9.89. The highest BCUT2D eigenvalue weighted by molar-refractivity contribution is 5.81. The van der Waals surface area contributed by atoms with Crippen molar-refractivity contribution in [3.8, 4) is 0 Å². The molecule has 1 aliphatic rings. The van der Waals surface area contributed by atoms with E-state index in [4.69, 9.17) is 5.73 Å². The highest BCUT2D eigenvalue weighted by atomic mass is 16.1. The van der Waals surface area contributed by atoms with E-state index in [-0.39, 0.29) is 5.92 Å². The summed E-state index contributed by atoms with van der Waals surface area (Å²) in [6.07, 6.45) is 4.17. The number of ketones is 1. The molecule has 1 rings (SSSR count). The molecule has 11 heavy (non-hydrogen) atoms. The van der Waals surface area contributed by atoms with Crippen molar-refractivity contribution < 1.29 is 4.79 Å². The molecule has 1 aliphatic carbocycles. The van der Waals surface area contributed by atoms with Crippen LogP contribution in [0, 0.1) is 11.8 Å². The lowest BCUT2D eigenvalue weighted by Crippen LogP contribution is -2.25. The summed E-state index contributed by atoms with van der Waals surface area (Å²) in [5, 5.41) is 0. The molecule has 0 bridgehead atoms. The van der Waals surface area contributed by atoms with Gasteiger partial charge in [-0.25, -0.2) is 0 Å². The summed E-state index contributed by atoms with van der Waals surface area (Å²) in [5.74, 6) is 1.07. The van der Waals surface area contributed by atoms with Gasteiger partial charge >= 0.3 is 0 Å². The number of carbonyl (C=O) groups is 1. The first kappa shape index (κ1) is 8.72. The Kier molecular flexibility index (Phi) is 3.06. The topological polar surface area (TPSA) is 43.1 Å². The molecule has 64 valence electrons. The van der Waals surface area contributed by atoms with E-state index in [2.05, 4.69) is 0 Å². The van der Waals surface area contributed by atoms with Gasteiger partial charge < -0.3 is 5.73 Å². The van der Waals surface area contributed by atoms with E-state index >= 15 is 0 Å². The van der Waals surface area contributed by atoms with Crippen LogP contribution in [-0.4, -0.2) is 12.3 Å². The van der Waals surface area contributed by atoms with Crippen molar-refractivity contribution in [3.63, 3.8) is 0 Å². The summed E-state index contributed by atoms with van der Waals surface area (Å²) in [6, 6.07) is 0. The molecule has 0 heterocycles. The molecule has 0 aromatic heterocycles. The van der Waals surface area contributed by atoms with Gasteiger partial charge in [0.1, 0.15) is 5.78 Å². The smallest absolute Gasteiger partial charge is 0.136 e. The Labute approximate surface area is 68.2 Å². The SMILES string of the molecule is CC1C(=O)CCCCC1CN. The van der Waals surface area contributed by atoms with E-state index in [0.29, 0.717) is 18.2 Å². The van der Waals surface area contributed by atoms with Gasteiger partial charge in [-0.2, -0.15) is 0 Å². The zero-order chi connectivity index (χ0) is 8.27. The Hall–Kier alpha value is -0.370. The first-order valence-corrected chi connectivity index (χ1v) is 4.48. The Bertz CT molecular complexity index is 144. The average Bonchev–Trinajstić information content (AvgIpc) is 2.16. The summed E-state index contributed by atoms with van der Waals surface area (Å²) in [5.41, 5.74) is 5.57. The molecule has 2 N–H and O–H groups in total. The molecule has 2 atom stereocenters. The minimum absolute atomic E-state index is 0.211. The summed E-state index contributed by atoms with van der Waals surface area (Å²) >= 11 is 0. The van der Waals surface area contributed by atoms with Gasteiger partial charge in [0, 0.05) is 12.3 Å². The number of hydrogen-bond donors (Lipinski definition) is 1. The van der Waals surface area contributed by atoms with Gasteiger partial charge in [0.25, 0.3) is 0 Å². The Morgan fingerprint density at radius 3 is 2.91 bits per heavy atom. The molecule has 1 fully saturated rings. The summed E-state index contributed by atoms with van der Waals surface area (Å²) in [6.45, 7) is 2.69. The number of nitrogens with two attached hydrogens (primary N) is 1. The van der Waals surface area contributed by atoms with Gasteiger partial charge in [-0.1, -0.05) is 13.3 Å². The fourth-order valence-corrected chi connectivity index (χ4v) is 1.77. The molecule has 0 spiro atoms. The molecular weight excluding hydrogens is 138 g/mol. The van der Waals surface area contributed by atoms with E-state index in [0.717, 1.165) is 19.3 Å². The second-order valence-corrected chi connectivity index (χ2v) is 3.50. The maximum atomic E-state index is 11.3. The number of carbonyl (C=O) groups excluding carboxylic acids is 1. The van der Waals surface area contributed by atoms with Crippen molar-refractivity contribution in [2.24, 2.45) is 17.6 Å². The molecular formula is C9H17NO. The van der Waals surface area contributed by atoms with Crippen molar-refractivity contribution in [2.45, 2.75) is 32.6 Å². The molecule has 0 aromatic carbocycles. The fourth-order valence-electron chi connectivity index (χ4n) is 1.77. The predicted molar refractivity (Wildman–Crippen MR) is 45.2 cm³/mol. The molecule has 1 saturated carbocycles. The lowest BCUT2D eigenvalue weighted by Gasteiger charge is -2.17. The van der Waals surface area contributed by atoms with Crippen molar-refractivity contribution in [1.82, 2.24) is 0 Å². The molecule has 2 nitrogen and oxygen atoms in total. The van der Waals surface area contributed by atoms with E-state index in [1.807, 2.05) is 6.92 Å². The van der Waals surface area contributed by atoms with Crippen LogP contribution in [0.3, 0.4) is 0 Å². The Morgan fingerprint density at radius 2 is 2.27 bits per heavy atom. The van der Waals surface area contributed by atoms with E-state index in [9.17, 15) is 4.79 Å².